The molecular formula is C25H29FN8O2S. The Bertz CT molecular complexity index is 1550. The van der Waals surface area contributed by atoms with Crippen LogP contribution in [0.1, 0.15) is 11.1 Å². The first kappa shape index (κ1) is 24.9. The van der Waals surface area contributed by atoms with Crippen molar-refractivity contribution in [2.24, 2.45) is 0 Å². The van der Waals surface area contributed by atoms with Crippen molar-refractivity contribution in [2.75, 3.05) is 54.0 Å². The quantitative estimate of drug-likeness (QED) is 0.380. The monoisotopic (exact) mass is 524 g/mol. The van der Waals surface area contributed by atoms with E-state index in [2.05, 4.69) is 44.6 Å². The summed E-state index contributed by atoms with van der Waals surface area (Å²) in [5, 5.41) is 7.46. The van der Waals surface area contributed by atoms with Crippen LogP contribution >= 0.6 is 0 Å². The number of pyridine rings is 1. The molecule has 0 aliphatic carbocycles. The van der Waals surface area contributed by atoms with Gasteiger partial charge in [0.25, 0.3) is 0 Å². The summed E-state index contributed by atoms with van der Waals surface area (Å²) in [6.45, 7) is 6.18. The SMILES string of the molecule is Cc1cc(Nc2ncc3ccn(Cc4cc(F)cnc4N(C)S(C)(=O)=O)c3n2)ccc1N1CCNCC1. The number of anilines is 4. The summed E-state index contributed by atoms with van der Waals surface area (Å²) in [5.74, 6) is 0.0413. The number of piperazine rings is 1. The van der Waals surface area contributed by atoms with E-state index in [9.17, 15) is 12.8 Å². The third-order valence-corrected chi connectivity index (χ3v) is 7.63. The summed E-state index contributed by atoms with van der Waals surface area (Å²) in [6.07, 6.45) is 5.62. The van der Waals surface area contributed by atoms with Crippen molar-refractivity contribution in [1.29, 1.82) is 0 Å². The summed E-state index contributed by atoms with van der Waals surface area (Å²) in [5.41, 5.74) is 4.30. The number of hydrogen-bond donors (Lipinski definition) is 2. The number of halogens is 1. The van der Waals surface area contributed by atoms with Crippen molar-refractivity contribution in [3.8, 4) is 0 Å². The molecule has 0 atom stereocenters. The average molecular weight is 525 g/mol. The molecule has 1 aliphatic heterocycles. The molecule has 0 unspecified atom stereocenters. The van der Waals surface area contributed by atoms with Gasteiger partial charge in [-0.15, -0.1) is 0 Å². The van der Waals surface area contributed by atoms with E-state index in [1.807, 2.05) is 22.9 Å². The topological polar surface area (TPSA) is 108 Å². The van der Waals surface area contributed by atoms with Gasteiger partial charge in [0.05, 0.1) is 19.0 Å². The summed E-state index contributed by atoms with van der Waals surface area (Å²) < 4.78 is 41.1. The third kappa shape index (κ3) is 5.35. The van der Waals surface area contributed by atoms with Gasteiger partial charge < -0.3 is 20.1 Å². The first-order valence-corrected chi connectivity index (χ1v) is 13.8. The van der Waals surface area contributed by atoms with E-state index in [1.54, 1.807) is 6.20 Å². The van der Waals surface area contributed by atoms with Crippen LogP contribution in [-0.2, 0) is 16.6 Å². The fraction of sp³-hybridized carbons (Fsp3) is 0.320. The smallest absolute Gasteiger partial charge is 0.233 e. The maximum atomic E-state index is 14.1. The van der Waals surface area contributed by atoms with Crippen LogP contribution in [0.2, 0.25) is 0 Å². The van der Waals surface area contributed by atoms with Gasteiger partial charge >= 0.3 is 0 Å². The molecule has 4 aromatic rings. The summed E-state index contributed by atoms with van der Waals surface area (Å²) >= 11 is 0. The van der Waals surface area contributed by atoms with E-state index in [0.29, 0.717) is 17.2 Å². The molecule has 194 valence electrons. The zero-order chi connectivity index (χ0) is 26.2. The molecule has 2 N–H and O–H groups in total. The Morgan fingerprint density at radius 3 is 2.65 bits per heavy atom. The second-order valence-corrected chi connectivity index (χ2v) is 11.2. The minimum absolute atomic E-state index is 0.165. The lowest BCUT2D eigenvalue weighted by Gasteiger charge is -2.30. The molecule has 1 saturated heterocycles. The molecule has 1 fully saturated rings. The summed E-state index contributed by atoms with van der Waals surface area (Å²) in [4.78, 5) is 15.5. The number of hydrogen-bond acceptors (Lipinski definition) is 8. The molecule has 0 radical (unpaired) electrons. The predicted molar refractivity (Wildman–Crippen MR) is 144 cm³/mol. The third-order valence-electron chi connectivity index (χ3n) is 6.46. The fourth-order valence-electron chi connectivity index (χ4n) is 4.50. The zero-order valence-electron chi connectivity index (χ0n) is 20.9. The Morgan fingerprint density at radius 2 is 1.92 bits per heavy atom. The molecule has 12 heteroatoms. The minimum Gasteiger partial charge on any atom is -0.369 e. The van der Waals surface area contributed by atoms with Crippen LogP contribution in [0.5, 0.6) is 0 Å². The molecule has 0 bridgehead atoms. The Morgan fingerprint density at radius 1 is 1.14 bits per heavy atom. The standard InChI is InChI=1S/C25H29FN8O2S/c1-17-12-21(4-5-22(17)33-10-7-27-8-11-33)30-25-29-14-18-6-9-34(24(18)31-25)16-19-13-20(26)15-28-23(19)32(2)37(3,35)36/h4-6,9,12-15,27H,7-8,10-11,16H2,1-3H3,(H,29,30,31). The Balaban J connectivity index is 1.41. The van der Waals surface area contributed by atoms with Crippen LogP contribution < -0.4 is 19.8 Å². The molecule has 1 aliphatic rings. The molecule has 4 heterocycles. The van der Waals surface area contributed by atoms with Crippen LogP contribution in [-0.4, -0.2) is 67.4 Å². The second kappa shape index (κ2) is 9.94. The molecule has 0 spiro atoms. The van der Waals surface area contributed by atoms with E-state index in [4.69, 9.17) is 4.98 Å². The van der Waals surface area contributed by atoms with Crippen LogP contribution in [0, 0.1) is 12.7 Å². The average Bonchev–Trinajstić information content (AvgIpc) is 3.26. The van der Waals surface area contributed by atoms with Gasteiger partial charge in [-0.1, -0.05) is 0 Å². The van der Waals surface area contributed by atoms with Crippen molar-refractivity contribution >= 4 is 44.2 Å². The Labute approximate surface area is 215 Å². The highest BCUT2D eigenvalue weighted by Crippen LogP contribution is 2.27. The number of nitrogens with zero attached hydrogens (tertiary/aromatic N) is 6. The molecule has 1 aromatic carbocycles. The molecule has 5 rings (SSSR count). The Kier molecular flexibility index (Phi) is 6.69. The van der Waals surface area contributed by atoms with Gasteiger partial charge in [-0.05, 0) is 42.8 Å². The highest BCUT2D eigenvalue weighted by atomic mass is 32.2. The lowest BCUT2D eigenvalue weighted by molar-refractivity contribution is 0.588. The largest absolute Gasteiger partial charge is 0.369 e. The summed E-state index contributed by atoms with van der Waals surface area (Å²) in [7, 11) is -2.18. The van der Waals surface area contributed by atoms with E-state index in [1.165, 1.54) is 18.8 Å². The molecule has 10 nitrogen and oxygen atoms in total. The van der Waals surface area contributed by atoms with E-state index < -0.39 is 15.8 Å². The predicted octanol–water partition coefficient (Wildman–Crippen LogP) is 2.87. The Hall–Kier alpha value is -3.77. The lowest BCUT2D eigenvalue weighted by atomic mass is 10.1. The van der Waals surface area contributed by atoms with Gasteiger partial charge in [0.15, 0.2) is 0 Å². The number of aromatic nitrogens is 4. The number of fused-ring (bicyclic) bond motifs is 1. The number of sulfonamides is 1. The maximum Gasteiger partial charge on any atom is 0.233 e. The highest BCUT2D eigenvalue weighted by molar-refractivity contribution is 7.92. The molecule has 3 aromatic heterocycles. The first-order chi connectivity index (χ1) is 17.7. The van der Waals surface area contributed by atoms with E-state index in [-0.39, 0.29) is 12.4 Å². The van der Waals surface area contributed by atoms with Crippen molar-refractivity contribution in [3.05, 3.63) is 65.9 Å². The number of rotatable bonds is 7. The lowest BCUT2D eigenvalue weighted by Crippen LogP contribution is -2.43. The molecule has 0 saturated carbocycles. The number of aryl methyl sites for hydroxylation is 1. The number of benzene rings is 1. The van der Waals surface area contributed by atoms with Crippen LogP contribution in [0.25, 0.3) is 11.0 Å². The van der Waals surface area contributed by atoms with Gasteiger partial charge in [0, 0.05) is 67.9 Å². The fourth-order valence-corrected chi connectivity index (χ4v) is 4.97. The van der Waals surface area contributed by atoms with E-state index >= 15 is 0 Å². The molecule has 37 heavy (non-hydrogen) atoms. The number of nitrogens with one attached hydrogen (secondary N) is 2. The van der Waals surface area contributed by atoms with Gasteiger partial charge in [0.1, 0.15) is 17.3 Å². The first-order valence-electron chi connectivity index (χ1n) is 11.9. The van der Waals surface area contributed by atoms with Crippen molar-refractivity contribution in [2.45, 2.75) is 13.5 Å². The van der Waals surface area contributed by atoms with Gasteiger partial charge in [-0.2, -0.15) is 4.98 Å². The minimum atomic E-state index is -3.57. The zero-order valence-corrected chi connectivity index (χ0v) is 21.8. The van der Waals surface area contributed by atoms with Crippen molar-refractivity contribution in [1.82, 2.24) is 24.8 Å². The normalized spacial score (nSPS) is 14.2. The van der Waals surface area contributed by atoms with Gasteiger partial charge in [-0.3, -0.25) is 4.31 Å². The van der Waals surface area contributed by atoms with Gasteiger partial charge in [-0.25, -0.2) is 22.8 Å². The highest BCUT2D eigenvalue weighted by Gasteiger charge is 2.19. The van der Waals surface area contributed by atoms with Crippen LogP contribution in [0.4, 0.5) is 27.5 Å². The second-order valence-electron chi connectivity index (χ2n) is 9.15. The van der Waals surface area contributed by atoms with Gasteiger partial charge in [0.2, 0.25) is 16.0 Å². The van der Waals surface area contributed by atoms with Crippen molar-refractivity contribution in [3.63, 3.8) is 0 Å². The van der Waals surface area contributed by atoms with E-state index in [0.717, 1.165) is 59.6 Å². The van der Waals surface area contributed by atoms with Crippen LogP contribution in [0.3, 0.4) is 0 Å². The maximum absolute atomic E-state index is 14.1. The van der Waals surface area contributed by atoms with Crippen LogP contribution in [0.15, 0.2) is 48.9 Å². The summed E-state index contributed by atoms with van der Waals surface area (Å²) in [6, 6.07) is 9.36. The molecular weight excluding hydrogens is 495 g/mol. The molecule has 0 amide bonds. The van der Waals surface area contributed by atoms with Crippen molar-refractivity contribution < 1.29 is 12.8 Å².